The number of hydrogen-bond donors (Lipinski definition) is 1. The molecule has 6 nitrogen and oxygen atoms in total. The van der Waals surface area contributed by atoms with Gasteiger partial charge in [-0.1, -0.05) is 35.5 Å². The number of carbonyl (C=O) groups is 1. The highest BCUT2D eigenvalue weighted by atomic mass is 35.5. The summed E-state index contributed by atoms with van der Waals surface area (Å²) >= 11 is 7.35. The molecule has 0 bridgehead atoms. The van der Waals surface area contributed by atoms with Gasteiger partial charge in [0, 0.05) is 18.3 Å². The fourth-order valence-corrected chi connectivity index (χ4v) is 3.32. The molecule has 152 valence electrons. The Morgan fingerprint density at radius 1 is 1.17 bits per heavy atom. The molecule has 1 heterocycles. The number of aromatic nitrogens is 3. The van der Waals surface area contributed by atoms with E-state index in [1.165, 1.54) is 23.9 Å². The van der Waals surface area contributed by atoms with Crippen LogP contribution in [-0.2, 0) is 11.8 Å². The predicted octanol–water partition coefficient (Wildman–Crippen LogP) is 4.76. The van der Waals surface area contributed by atoms with Gasteiger partial charge in [0.15, 0.2) is 11.0 Å². The van der Waals surface area contributed by atoms with E-state index < -0.39 is 6.36 Å². The van der Waals surface area contributed by atoms with Crippen molar-refractivity contribution >= 4 is 35.0 Å². The molecule has 0 saturated carbocycles. The number of rotatable bonds is 6. The van der Waals surface area contributed by atoms with Crippen LogP contribution in [0.3, 0.4) is 0 Å². The SMILES string of the molecule is Cn1c(SCC(=O)Nc2ccc(OC(F)(F)F)cc2)nnc1-c1ccccc1Cl. The number of carbonyl (C=O) groups excluding carboxylic acids is 1. The van der Waals surface area contributed by atoms with Crippen molar-refractivity contribution in [1.82, 2.24) is 14.8 Å². The fraction of sp³-hybridized carbons (Fsp3) is 0.167. The van der Waals surface area contributed by atoms with Gasteiger partial charge in [-0.25, -0.2) is 0 Å². The molecule has 0 spiro atoms. The second-order valence-corrected chi connectivity index (χ2v) is 7.10. The van der Waals surface area contributed by atoms with Crippen molar-refractivity contribution in [3.8, 4) is 17.1 Å². The monoisotopic (exact) mass is 442 g/mol. The average molecular weight is 443 g/mol. The fourth-order valence-electron chi connectivity index (χ4n) is 2.38. The number of benzene rings is 2. The third-order valence-electron chi connectivity index (χ3n) is 3.65. The van der Waals surface area contributed by atoms with E-state index in [0.29, 0.717) is 21.7 Å². The zero-order valence-corrected chi connectivity index (χ0v) is 16.5. The first-order valence-corrected chi connectivity index (χ1v) is 9.52. The van der Waals surface area contributed by atoms with Crippen molar-refractivity contribution in [3.63, 3.8) is 0 Å². The minimum absolute atomic E-state index is 0.0370. The summed E-state index contributed by atoms with van der Waals surface area (Å²) in [5.74, 6) is -0.105. The zero-order valence-electron chi connectivity index (χ0n) is 14.9. The van der Waals surface area contributed by atoms with Crippen LogP contribution < -0.4 is 10.1 Å². The van der Waals surface area contributed by atoms with Crippen molar-refractivity contribution in [2.45, 2.75) is 11.5 Å². The van der Waals surface area contributed by atoms with Gasteiger partial charge in [-0.3, -0.25) is 4.79 Å². The predicted molar refractivity (Wildman–Crippen MR) is 104 cm³/mol. The maximum atomic E-state index is 12.2. The van der Waals surface area contributed by atoms with Gasteiger partial charge in [0.05, 0.1) is 10.8 Å². The molecule has 3 rings (SSSR count). The quantitative estimate of drug-likeness (QED) is 0.557. The Kier molecular flexibility index (Phi) is 6.33. The van der Waals surface area contributed by atoms with E-state index in [1.807, 2.05) is 18.2 Å². The van der Waals surface area contributed by atoms with Crippen LogP contribution in [0.25, 0.3) is 11.4 Å². The lowest BCUT2D eigenvalue weighted by atomic mass is 10.2. The van der Waals surface area contributed by atoms with Gasteiger partial charge in [-0.15, -0.1) is 23.4 Å². The van der Waals surface area contributed by atoms with E-state index in [2.05, 4.69) is 20.3 Å². The lowest BCUT2D eigenvalue weighted by molar-refractivity contribution is -0.274. The standard InChI is InChI=1S/C18H14ClF3N4O2S/c1-26-16(13-4-2-3-5-14(13)19)24-25-17(26)29-10-15(27)23-11-6-8-12(9-7-11)28-18(20,21)22/h2-9H,10H2,1H3,(H,23,27). The van der Waals surface area contributed by atoms with Crippen molar-refractivity contribution in [2.75, 3.05) is 11.1 Å². The van der Waals surface area contributed by atoms with Crippen LogP contribution in [0.5, 0.6) is 5.75 Å². The van der Waals surface area contributed by atoms with Crippen LogP contribution >= 0.6 is 23.4 Å². The Bertz CT molecular complexity index is 1010. The van der Waals surface area contributed by atoms with Crippen LogP contribution in [0.4, 0.5) is 18.9 Å². The van der Waals surface area contributed by atoms with Crippen molar-refractivity contribution < 1.29 is 22.7 Å². The molecular weight excluding hydrogens is 429 g/mol. The first-order chi connectivity index (χ1) is 13.7. The van der Waals surface area contributed by atoms with Crippen molar-refractivity contribution in [2.24, 2.45) is 7.05 Å². The van der Waals surface area contributed by atoms with Gasteiger partial charge in [0.2, 0.25) is 5.91 Å². The van der Waals surface area contributed by atoms with E-state index in [4.69, 9.17) is 11.6 Å². The molecule has 2 aromatic carbocycles. The summed E-state index contributed by atoms with van der Waals surface area (Å²) in [5.41, 5.74) is 1.07. The second-order valence-electron chi connectivity index (χ2n) is 5.75. The second kappa shape index (κ2) is 8.75. The topological polar surface area (TPSA) is 69.0 Å². The maximum Gasteiger partial charge on any atom is 0.573 e. The summed E-state index contributed by atoms with van der Waals surface area (Å²) in [6.45, 7) is 0. The van der Waals surface area contributed by atoms with Gasteiger partial charge >= 0.3 is 6.36 Å². The number of halogens is 4. The molecule has 11 heteroatoms. The van der Waals surface area contributed by atoms with E-state index in [-0.39, 0.29) is 17.4 Å². The molecule has 0 radical (unpaired) electrons. The van der Waals surface area contributed by atoms with Gasteiger partial charge in [0.1, 0.15) is 5.75 Å². The molecule has 1 aromatic heterocycles. The first kappa shape index (κ1) is 21.0. The number of amides is 1. The largest absolute Gasteiger partial charge is 0.573 e. The third-order valence-corrected chi connectivity index (χ3v) is 5.00. The lowest BCUT2D eigenvalue weighted by Gasteiger charge is -2.10. The average Bonchev–Trinajstić information content (AvgIpc) is 3.01. The highest BCUT2D eigenvalue weighted by Crippen LogP contribution is 2.28. The third kappa shape index (κ3) is 5.64. The highest BCUT2D eigenvalue weighted by molar-refractivity contribution is 7.99. The minimum atomic E-state index is -4.76. The number of nitrogens with zero attached hydrogens (tertiary/aromatic N) is 3. The Balaban J connectivity index is 1.58. The van der Waals surface area contributed by atoms with Gasteiger partial charge in [-0.2, -0.15) is 0 Å². The molecule has 0 atom stereocenters. The van der Waals surface area contributed by atoms with Crippen molar-refractivity contribution in [3.05, 3.63) is 53.6 Å². The summed E-state index contributed by atoms with van der Waals surface area (Å²) in [5, 5.41) is 11.8. The molecule has 1 amide bonds. The smallest absolute Gasteiger partial charge is 0.406 e. The molecule has 29 heavy (non-hydrogen) atoms. The molecule has 0 saturated heterocycles. The van der Waals surface area contributed by atoms with Gasteiger partial charge in [0.25, 0.3) is 0 Å². The minimum Gasteiger partial charge on any atom is -0.406 e. The summed E-state index contributed by atoms with van der Waals surface area (Å²) in [6, 6.07) is 12.1. The summed E-state index contributed by atoms with van der Waals surface area (Å²) in [7, 11) is 1.76. The van der Waals surface area contributed by atoms with E-state index in [9.17, 15) is 18.0 Å². The van der Waals surface area contributed by atoms with Crippen LogP contribution in [0.15, 0.2) is 53.7 Å². The van der Waals surface area contributed by atoms with E-state index >= 15 is 0 Å². The summed E-state index contributed by atoms with van der Waals surface area (Å²) in [4.78, 5) is 12.1. The normalized spacial score (nSPS) is 11.3. The highest BCUT2D eigenvalue weighted by Gasteiger charge is 2.31. The summed E-state index contributed by atoms with van der Waals surface area (Å²) in [6.07, 6.45) is -4.76. The van der Waals surface area contributed by atoms with Gasteiger partial charge < -0.3 is 14.6 Å². The maximum absolute atomic E-state index is 12.2. The molecule has 0 aliphatic heterocycles. The number of ether oxygens (including phenoxy) is 1. The molecule has 0 aliphatic rings. The Morgan fingerprint density at radius 3 is 2.52 bits per heavy atom. The molecular formula is C18H14ClF3N4O2S. The van der Waals surface area contributed by atoms with Crippen LogP contribution in [0.2, 0.25) is 5.02 Å². The van der Waals surface area contributed by atoms with Gasteiger partial charge in [-0.05, 0) is 36.4 Å². The number of hydrogen-bond acceptors (Lipinski definition) is 5. The number of anilines is 1. The number of thioether (sulfide) groups is 1. The Morgan fingerprint density at radius 2 is 1.86 bits per heavy atom. The molecule has 0 fully saturated rings. The summed E-state index contributed by atoms with van der Waals surface area (Å²) < 4.78 is 42.0. The van der Waals surface area contributed by atoms with E-state index in [1.54, 1.807) is 17.7 Å². The Hall–Kier alpha value is -2.72. The van der Waals surface area contributed by atoms with Crippen LogP contribution in [0, 0.1) is 0 Å². The molecule has 0 unspecified atom stereocenters. The molecule has 1 N–H and O–H groups in total. The number of alkyl halides is 3. The van der Waals surface area contributed by atoms with E-state index in [0.717, 1.165) is 17.7 Å². The lowest BCUT2D eigenvalue weighted by Crippen LogP contribution is -2.17. The van der Waals surface area contributed by atoms with Crippen molar-refractivity contribution in [1.29, 1.82) is 0 Å². The van der Waals surface area contributed by atoms with Crippen LogP contribution in [-0.4, -0.2) is 32.8 Å². The molecule has 0 aliphatic carbocycles. The number of nitrogens with one attached hydrogen (secondary N) is 1. The zero-order chi connectivity index (χ0) is 21.0. The molecule has 3 aromatic rings. The Labute approximate surface area is 173 Å². The first-order valence-electron chi connectivity index (χ1n) is 8.16. The van der Waals surface area contributed by atoms with Crippen LogP contribution in [0.1, 0.15) is 0 Å².